The molecule has 3 atom stereocenters. The number of aromatic hydroxyl groups is 1. The van der Waals surface area contributed by atoms with Gasteiger partial charge in [-0.1, -0.05) is 40.5 Å². The summed E-state index contributed by atoms with van der Waals surface area (Å²) in [6, 6.07) is 4.54. The van der Waals surface area contributed by atoms with Gasteiger partial charge in [-0.2, -0.15) is 0 Å². The molecule has 0 radical (unpaired) electrons. The lowest BCUT2D eigenvalue weighted by Crippen LogP contribution is -2.28. The van der Waals surface area contributed by atoms with E-state index in [1.165, 1.54) is 25.7 Å². The summed E-state index contributed by atoms with van der Waals surface area (Å²) < 4.78 is 10.8. The summed E-state index contributed by atoms with van der Waals surface area (Å²) in [5, 5.41) is 9.63. The number of hydrogen-bond donors (Lipinski definition) is 1. The Bertz CT molecular complexity index is 564. The topological polar surface area (TPSA) is 55.8 Å². The van der Waals surface area contributed by atoms with E-state index in [2.05, 4.69) is 27.7 Å². The number of phenols is 1. The van der Waals surface area contributed by atoms with E-state index in [4.69, 9.17) is 9.47 Å². The zero-order valence-electron chi connectivity index (χ0n) is 14.8. The third-order valence-corrected chi connectivity index (χ3v) is 5.61. The first kappa shape index (κ1) is 17.6. The van der Waals surface area contributed by atoms with Gasteiger partial charge in [-0.05, 0) is 41.9 Å². The highest BCUT2D eigenvalue weighted by Gasteiger charge is 2.47. The summed E-state index contributed by atoms with van der Waals surface area (Å²) in [5.74, 6) is 0.843. The lowest BCUT2D eigenvalue weighted by atomic mass is 9.74. The van der Waals surface area contributed by atoms with Crippen molar-refractivity contribution in [1.29, 1.82) is 0 Å². The Balaban J connectivity index is 2.11. The first-order valence-electron chi connectivity index (χ1n) is 8.39. The van der Waals surface area contributed by atoms with E-state index in [-0.39, 0.29) is 29.0 Å². The molecule has 1 saturated carbocycles. The number of hydrogen-bond acceptors (Lipinski definition) is 4. The van der Waals surface area contributed by atoms with Crippen molar-refractivity contribution in [3.8, 4) is 11.5 Å². The average Bonchev–Trinajstić information content (AvgIpc) is 2.72. The number of esters is 1. The van der Waals surface area contributed by atoms with E-state index < -0.39 is 0 Å². The molecule has 0 heterocycles. The Morgan fingerprint density at radius 1 is 1.39 bits per heavy atom. The molecule has 1 fully saturated rings. The van der Waals surface area contributed by atoms with Gasteiger partial charge in [0.25, 0.3) is 0 Å². The number of ether oxygens (including phenoxy) is 2. The van der Waals surface area contributed by atoms with Crippen LogP contribution in [0.4, 0.5) is 0 Å². The molecule has 0 spiro atoms. The maximum atomic E-state index is 12.4. The van der Waals surface area contributed by atoms with Crippen molar-refractivity contribution >= 4 is 5.97 Å². The largest absolute Gasteiger partial charge is 0.504 e. The second-order valence-electron chi connectivity index (χ2n) is 7.16. The van der Waals surface area contributed by atoms with Gasteiger partial charge < -0.3 is 14.6 Å². The van der Waals surface area contributed by atoms with Gasteiger partial charge in [-0.15, -0.1) is 0 Å². The summed E-state index contributed by atoms with van der Waals surface area (Å²) in [6.45, 7) is 8.92. The number of carbonyl (C=O) groups excluding carboxylic acids is 1. The van der Waals surface area contributed by atoms with E-state index in [1.54, 1.807) is 6.07 Å². The van der Waals surface area contributed by atoms with Crippen molar-refractivity contribution in [2.45, 2.75) is 53.1 Å². The Labute approximate surface area is 138 Å². The van der Waals surface area contributed by atoms with E-state index >= 15 is 0 Å². The summed E-state index contributed by atoms with van der Waals surface area (Å²) in [7, 11) is 1.46. The summed E-state index contributed by atoms with van der Waals surface area (Å²) in [5.41, 5.74) is 0.580. The van der Waals surface area contributed by atoms with Crippen LogP contribution >= 0.6 is 0 Å². The molecule has 4 heteroatoms. The maximum Gasteiger partial charge on any atom is 0.338 e. The van der Waals surface area contributed by atoms with Gasteiger partial charge in [0.1, 0.15) is 6.10 Å². The van der Waals surface area contributed by atoms with Gasteiger partial charge in [0.05, 0.1) is 12.7 Å². The van der Waals surface area contributed by atoms with Crippen molar-refractivity contribution in [3.05, 3.63) is 23.8 Å². The maximum absolute atomic E-state index is 12.4. The second kappa shape index (κ2) is 6.81. The minimum atomic E-state index is -0.354. The fourth-order valence-corrected chi connectivity index (χ4v) is 3.64. The van der Waals surface area contributed by atoms with Crippen LogP contribution in [0.3, 0.4) is 0 Å². The van der Waals surface area contributed by atoms with E-state index in [0.29, 0.717) is 17.4 Å². The molecule has 1 N–H and O–H groups in total. The van der Waals surface area contributed by atoms with Crippen LogP contribution in [-0.4, -0.2) is 24.3 Å². The quantitative estimate of drug-likeness (QED) is 0.817. The summed E-state index contributed by atoms with van der Waals surface area (Å²) >= 11 is 0. The molecule has 0 aromatic heterocycles. The molecule has 1 aromatic carbocycles. The lowest BCUT2D eigenvalue weighted by Gasteiger charge is -2.31. The van der Waals surface area contributed by atoms with Gasteiger partial charge in [-0.25, -0.2) is 4.79 Å². The van der Waals surface area contributed by atoms with Gasteiger partial charge >= 0.3 is 5.97 Å². The van der Waals surface area contributed by atoms with Crippen LogP contribution in [0.2, 0.25) is 0 Å². The highest BCUT2D eigenvalue weighted by atomic mass is 16.5. The smallest absolute Gasteiger partial charge is 0.338 e. The van der Waals surface area contributed by atoms with Crippen LogP contribution in [0.25, 0.3) is 0 Å². The third kappa shape index (κ3) is 3.46. The number of benzene rings is 1. The standard InChI is InChI=1S/C19H28O4/c1-6-7-14-11-16(12(2)19(14,3)4)23-18(21)13-8-9-15(20)17(10-13)22-5/h8-10,12,14,16,20H,6-7,11H2,1-5H3/t12-,14-,16+/m1/s1. The van der Waals surface area contributed by atoms with Crippen LogP contribution < -0.4 is 4.74 Å². The highest BCUT2D eigenvalue weighted by molar-refractivity contribution is 5.90. The van der Waals surface area contributed by atoms with E-state index in [9.17, 15) is 9.90 Å². The van der Waals surface area contributed by atoms with Gasteiger partial charge in [0.15, 0.2) is 11.5 Å². The highest BCUT2D eigenvalue weighted by Crippen LogP contribution is 2.50. The van der Waals surface area contributed by atoms with E-state index in [0.717, 1.165) is 12.8 Å². The molecular formula is C19H28O4. The molecule has 0 amide bonds. The number of methoxy groups -OCH3 is 1. The van der Waals surface area contributed by atoms with Crippen LogP contribution in [0, 0.1) is 17.3 Å². The molecule has 128 valence electrons. The molecule has 0 aliphatic heterocycles. The second-order valence-corrected chi connectivity index (χ2v) is 7.16. The molecule has 0 bridgehead atoms. The first-order valence-corrected chi connectivity index (χ1v) is 8.39. The Morgan fingerprint density at radius 3 is 2.70 bits per heavy atom. The molecule has 0 saturated heterocycles. The molecule has 1 aliphatic rings. The molecule has 1 aliphatic carbocycles. The molecule has 4 nitrogen and oxygen atoms in total. The predicted octanol–water partition coefficient (Wildman–Crippen LogP) is 4.41. The van der Waals surface area contributed by atoms with Crippen molar-refractivity contribution < 1.29 is 19.4 Å². The van der Waals surface area contributed by atoms with Crippen molar-refractivity contribution in [2.24, 2.45) is 17.3 Å². The molecule has 2 rings (SSSR count). The predicted molar refractivity (Wildman–Crippen MR) is 89.8 cm³/mol. The minimum Gasteiger partial charge on any atom is -0.504 e. The van der Waals surface area contributed by atoms with Gasteiger partial charge in [0, 0.05) is 0 Å². The van der Waals surface area contributed by atoms with Crippen molar-refractivity contribution in [2.75, 3.05) is 7.11 Å². The van der Waals surface area contributed by atoms with Crippen LogP contribution in [0.5, 0.6) is 11.5 Å². The Kier molecular flexibility index (Phi) is 5.23. The zero-order chi connectivity index (χ0) is 17.2. The number of rotatable bonds is 5. The lowest BCUT2D eigenvalue weighted by molar-refractivity contribution is 0.0155. The molecular weight excluding hydrogens is 292 g/mol. The Morgan fingerprint density at radius 2 is 2.09 bits per heavy atom. The molecule has 0 unspecified atom stereocenters. The molecule has 23 heavy (non-hydrogen) atoms. The third-order valence-electron chi connectivity index (χ3n) is 5.61. The van der Waals surface area contributed by atoms with Gasteiger partial charge in [-0.3, -0.25) is 0 Å². The van der Waals surface area contributed by atoms with Crippen LogP contribution in [0.15, 0.2) is 18.2 Å². The Hall–Kier alpha value is -1.71. The van der Waals surface area contributed by atoms with Gasteiger partial charge in [0.2, 0.25) is 0 Å². The minimum absolute atomic E-state index is 0.0161. The summed E-state index contributed by atoms with van der Waals surface area (Å²) in [6.07, 6.45) is 3.17. The van der Waals surface area contributed by atoms with Crippen LogP contribution in [-0.2, 0) is 4.74 Å². The van der Waals surface area contributed by atoms with E-state index in [1.807, 2.05) is 0 Å². The molecule has 1 aromatic rings. The average molecular weight is 320 g/mol. The fraction of sp³-hybridized carbons (Fsp3) is 0.632. The monoisotopic (exact) mass is 320 g/mol. The fourth-order valence-electron chi connectivity index (χ4n) is 3.64. The number of phenolic OH excluding ortho intramolecular Hbond substituents is 1. The normalized spacial score (nSPS) is 26.0. The van der Waals surface area contributed by atoms with Crippen molar-refractivity contribution in [1.82, 2.24) is 0 Å². The SMILES string of the molecule is CCC[C@@H]1C[C@H](OC(=O)c2ccc(O)c(OC)c2)[C@@H](C)C1(C)C. The van der Waals surface area contributed by atoms with Crippen LogP contribution in [0.1, 0.15) is 57.3 Å². The van der Waals surface area contributed by atoms with Crippen molar-refractivity contribution in [3.63, 3.8) is 0 Å². The summed E-state index contributed by atoms with van der Waals surface area (Å²) in [4.78, 5) is 12.4. The number of carbonyl (C=O) groups is 1. The zero-order valence-corrected chi connectivity index (χ0v) is 14.8. The first-order chi connectivity index (χ1) is 10.8.